The zero-order valence-corrected chi connectivity index (χ0v) is 21.0. The number of ether oxygens (including phenoxy) is 1. The summed E-state index contributed by atoms with van der Waals surface area (Å²) < 4.78 is 7.56. The van der Waals surface area contributed by atoms with E-state index < -0.39 is 4.92 Å². The van der Waals surface area contributed by atoms with Crippen molar-refractivity contribution in [2.24, 2.45) is 0 Å². The van der Waals surface area contributed by atoms with Crippen LogP contribution in [0.4, 0.5) is 11.4 Å². The van der Waals surface area contributed by atoms with Crippen molar-refractivity contribution in [2.75, 3.05) is 58.0 Å². The van der Waals surface area contributed by atoms with Gasteiger partial charge in [0.15, 0.2) is 11.0 Å². The Labute approximate surface area is 204 Å². The molecular weight excluding hydrogens is 458 g/mol. The Morgan fingerprint density at radius 2 is 2.03 bits per heavy atom. The molecule has 3 rings (SSSR count). The zero-order valence-electron chi connectivity index (χ0n) is 20.2. The second-order valence-corrected chi connectivity index (χ2v) is 9.37. The fourth-order valence-corrected chi connectivity index (χ4v) is 4.65. The number of anilines is 1. The van der Waals surface area contributed by atoms with E-state index in [1.807, 2.05) is 14.1 Å². The Hall–Kier alpha value is -2.54. The number of aromatic nitrogens is 3. The maximum Gasteiger partial charge on any atom is 0.271 e. The number of benzene rings is 1. The zero-order chi connectivity index (χ0) is 24.7. The fourth-order valence-electron chi connectivity index (χ4n) is 3.88. The third kappa shape index (κ3) is 6.75. The van der Waals surface area contributed by atoms with Crippen LogP contribution in [0.2, 0.25) is 0 Å². The predicted molar refractivity (Wildman–Crippen MR) is 131 cm³/mol. The molecule has 0 unspecified atom stereocenters. The van der Waals surface area contributed by atoms with Crippen molar-refractivity contribution >= 4 is 29.0 Å². The van der Waals surface area contributed by atoms with Crippen molar-refractivity contribution in [1.82, 2.24) is 24.6 Å². The van der Waals surface area contributed by atoms with Gasteiger partial charge >= 0.3 is 0 Å². The quantitative estimate of drug-likeness (QED) is 0.287. The summed E-state index contributed by atoms with van der Waals surface area (Å²) in [5, 5.41) is 23.4. The van der Waals surface area contributed by atoms with Gasteiger partial charge in [0.1, 0.15) is 0 Å². The van der Waals surface area contributed by atoms with E-state index in [0.717, 1.165) is 57.2 Å². The van der Waals surface area contributed by atoms with Crippen LogP contribution in [0.3, 0.4) is 0 Å². The second-order valence-electron chi connectivity index (χ2n) is 8.43. The lowest BCUT2D eigenvalue weighted by molar-refractivity contribution is -0.384. The van der Waals surface area contributed by atoms with Crippen molar-refractivity contribution < 1.29 is 14.5 Å². The molecule has 1 aliphatic rings. The second kappa shape index (κ2) is 12.2. The van der Waals surface area contributed by atoms with Gasteiger partial charge in [0.25, 0.3) is 5.69 Å². The number of nitro benzene ring substituents is 1. The summed E-state index contributed by atoms with van der Waals surface area (Å²) in [6.45, 7) is 8.77. The molecule has 0 saturated carbocycles. The van der Waals surface area contributed by atoms with E-state index in [9.17, 15) is 14.9 Å². The number of aryl methyl sites for hydroxylation is 1. The SMILES string of the molecule is CC[C@H](c1nnc(SCC(=O)Nc2cc([N+](=O)[O-])ccc2C)n1CCN1CCOCC1)N(C)C. The average molecular weight is 492 g/mol. The van der Waals surface area contributed by atoms with Gasteiger partial charge in [-0.15, -0.1) is 10.2 Å². The summed E-state index contributed by atoms with van der Waals surface area (Å²) >= 11 is 1.32. The summed E-state index contributed by atoms with van der Waals surface area (Å²) in [5.74, 6) is 0.757. The molecule has 34 heavy (non-hydrogen) atoms. The molecule has 2 heterocycles. The molecule has 1 amide bonds. The van der Waals surface area contributed by atoms with Gasteiger partial charge in [0.05, 0.1) is 35.6 Å². The minimum absolute atomic E-state index is 0.0599. The van der Waals surface area contributed by atoms with Crippen molar-refractivity contribution in [3.05, 3.63) is 39.7 Å². The molecule has 0 spiro atoms. The molecule has 1 N–H and O–H groups in total. The van der Waals surface area contributed by atoms with Gasteiger partial charge in [-0.2, -0.15) is 0 Å². The molecule has 1 aromatic carbocycles. The van der Waals surface area contributed by atoms with Gasteiger partial charge in [-0.05, 0) is 33.0 Å². The van der Waals surface area contributed by atoms with Crippen LogP contribution >= 0.6 is 11.8 Å². The van der Waals surface area contributed by atoms with Gasteiger partial charge in [-0.25, -0.2) is 0 Å². The van der Waals surface area contributed by atoms with E-state index in [4.69, 9.17) is 4.74 Å². The third-order valence-corrected chi connectivity index (χ3v) is 6.80. The normalized spacial score (nSPS) is 15.4. The highest BCUT2D eigenvalue weighted by Gasteiger charge is 2.23. The summed E-state index contributed by atoms with van der Waals surface area (Å²) in [5.41, 5.74) is 1.14. The highest BCUT2D eigenvalue weighted by molar-refractivity contribution is 7.99. The molecule has 186 valence electrons. The third-order valence-electron chi connectivity index (χ3n) is 5.84. The van der Waals surface area contributed by atoms with E-state index in [2.05, 4.69) is 36.8 Å². The smallest absolute Gasteiger partial charge is 0.271 e. The van der Waals surface area contributed by atoms with E-state index >= 15 is 0 Å². The summed E-state index contributed by atoms with van der Waals surface area (Å²) in [7, 11) is 4.05. The number of non-ortho nitro benzene ring substituents is 1. The highest BCUT2D eigenvalue weighted by Crippen LogP contribution is 2.26. The van der Waals surface area contributed by atoms with E-state index in [-0.39, 0.29) is 23.4 Å². The first-order valence-corrected chi connectivity index (χ1v) is 12.4. The molecule has 0 bridgehead atoms. The molecule has 2 aromatic rings. The van der Waals surface area contributed by atoms with Gasteiger partial charge in [0.2, 0.25) is 5.91 Å². The molecule has 1 atom stereocenters. The molecule has 0 radical (unpaired) electrons. The first kappa shape index (κ1) is 26.1. The summed E-state index contributed by atoms with van der Waals surface area (Å²) in [4.78, 5) is 27.7. The van der Waals surface area contributed by atoms with Crippen LogP contribution in [0.15, 0.2) is 23.4 Å². The largest absolute Gasteiger partial charge is 0.379 e. The number of carbonyl (C=O) groups is 1. The van der Waals surface area contributed by atoms with Crippen LogP contribution < -0.4 is 5.32 Å². The van der Waals surface area contributed by atoms with Gasteiger partial charge in [-0.3, -0.25) is 24.7 Å². The summed E-state index contributed by atoms with van der Waals surface area (Å²) in [6.07, 6.45) is 0.889. The van der Waals surface area contributed by atoms with Gasteiger partial charge in [-0.1, -0.05) is 24.8 Å². The maximum atomic E-state index is 12.7. The van der Waals surface area contributed by atoms with Crippen LogP contribution in [-0.2, 0) is 16.1 Å². The van der Waals surface area contributed by atoms with E-state index in [1.165, 1.54) is 23.9 Å². The minimum atomic E-state index is -0.475. The topological polar surface area (TPSA) is 119 Å². The van der Waals surface area contributed by atoms with Crippen LogP contribution in [0.5, 0.6) is 0 Å². The Balaban J connectivity index is 1.71. The average Bonchev–Trinajstić information content (AvgIpc) is 3.20. The van der Waals surface area contributed by atoms with Crippen LogP contribution in [0.25, 0.3) is 0 Å². The van der Waals surface area contributed by atoms with Crippen molar-refractivity contribution in [1.29, 1.82) is 0 Å². The van der Waals surface area contributed by atoms with Crippen molar-refractivity contribution in [3.63, 3.8) is 0 Å². The van der Waals surface area contributed by atoms with Gasteiger partial charge in [0, 0.05) is 38.3 Å². The lowest BCUT2D eigenvalue weighted by atomic mass is 10.2. The number of thioether (sulfide) groups is 1. The number of rotatable bonds is 11. The Kier molecular flexibility index (Phi) is 9.39. The molecule has 1 aromatic heterocycles. The lowest BCUT2D eigenvalue weighted by Crippen LogP contribution is -2.38. The standard InChI is InChI=1S/C22H33N7O4S/c1-5-19(26(3)4)21-24-25-22(28(21)9-8-27-10-12-33-13-11-27)34-15-20(30)23-18-14-17(29(31)32)7-6-16(18)2/h6-7,14,19H,5,8-13,15H2,1-4H3,(H,23,30)/t19-/m1/s1. The number of carbonyl (C=O) groups excluding carboxylic acids is 1. The molecule has 0 aliphatic carbocycles. The van der Waals surface area contributed by atoms with E-state index in [0.29, 0.717) is 10.8 Å². The first-order chi connectivity index (χ1) is 16.3. The van der Waals surface area contributed by atoms with Crippen LogP contribution in [0, 0.1) is 17.0 Å². The first-order valence-electron chi connectivity index (χ1n) is 11.4. The lowest BCUT2D eigenvalue weighted by Gasteiger charge is -2.28. The molecular formula is C22H33N7O4S. The number of hydrogen-bond acceptors (Lipinski definition) is 9. The number of morpholine rings is 1. The highest BCUT2D eigenvalue weighted by atomic mass is 32.2. The fraction of sp³-hybridized carbons (Fsp3) is 0.591. The monoisotopic (exact) mass is 491 g/mol. The number of nitrogens with one attached hydrogen (secondary N) is 1. The van der Waals surface area contributed by atoms with E-state index in [1.54, 1.807) is 13.0 Å². The van der Waals surface area contributed by atoms with Crippen LogP contribution in [0.1, 0.15) is 30.8 Å². The Bertz CT molecular complexity index is 992. The van der Waals surface area contributed by atoms with Crippen molar-refractivity contribution in [2.45, 2.75) is 38.0 Å². The maximum absolute atomic E-state index is 12.7. The van der Waals surface area contributed by atoms with Gasteiger partial charge < -0.3 is 14.6 Å². The Morgan fingerprint density at radius 1 is 1.29 bits per heavy atom. The molecule has 12 heteroatoms. The number of amides is 1. The predicted octanol–water partition coefficient (Wildman–Crippen LogP) is 2.57. The molecule has 1 saturated heterocycles. The van der Waals surface area contributed by atoms with Crippen LogP contribution in [-0.4, -0.2) is 88.1 Å². The molecule has 1 aliphatic heterocycles. The minimum Gasteiger partial charge on any atom is -0.379 e. The summed E-state index contributed by atoms with van der Waals surface area (Å²) in [6, 6.07) is 4.55. The molecule has 11 nitrogen and oxygen atoms in total. The Morgan fingerprint density at radius 3 is 2.68 bits per heavy atom. The number of hydrogen-bond donors (Lipinski definition) is 1. The number of nitro groups is 1. The number of nitrogens with zero attached hydrogens (tertiary/aromatic N) is 6. The van der Waals surface area contributed by atoms with Crippen molar-refractivity contribution in [3.8, 4) is 0 Å². The molecule has 1 fully saturated rings.